The number of hydrogen-bond donors (Lipinski definition) is 1. The number of rotatable bonds is 6. The van der Waals surface area contributed by atoms with Crippen LogP contribution in [0.4, 0.5) is 9.39 Å². The molecule has 1 amide bonds. The van der Waals surface area contributed by atoms with Gasteiger partial charge in [0.15, 0.2) is 0 Å². The zero-order chi connectivity index (χ0) is 23.5. The Balaban J connectivity index is 1.73. The second-order valence-electron chi connectivity index (χ2n) is 7.92. The van der Waals surface area contributed by atoms with Crippen LogP contribution < -0.4 is 5.32 Å². The summed E-state index contributed by atoms with van der Waals surface area (Å²) in [6.07, 6.45) is 5.43. The molecule has 0 fully saturated rings. The summed E-state index contributed by atoms with van der Waals surface area (Å²) in [5.41, 5.74) is 1.44. The van der Waals surface area contributed by atoms with Gasteiger partial charge in [0.1, 0.15) is 27.8 Å². The number of aryl methyl sites for hydroxylation is 2. The number of benzene rings is 1. The number of hydrogen-bond acceptors (Lipinski definition) is 6. The Morgan fingerprint density at radius 3 is 2.79 bits per heavy atom. The molecule has 0 bridgehead atoms. The first-order valence-electron chi connectivity index (χ1n) is 11.0. The summed E-state index contributed by atoms with van der Waals surface area (Å²) in [6, 6.07) is 4.23. The molecule has 1 aliphatic carbocycles. The topological polar surface area (TPSA) is 81.4 Å². The van der Waals surface area contributed by atoms with E-state index in [9.17, 15) is 14.0 Å². The minimum Gasteiger partial charge on any atom is -0.462 e. The Labute approximate surface area is 200 Å². The van der Waals surface area contributed by atoms with E-state index < -0.39 is 17.7 Å². The number of halogens is 2. The number of esters is 1. The Morgan fingerprint density at radius 1 is 1.24 bits per heavy atom. The Hall–Kier alpha value is -2.71. The first-order valence-corrected chi connectivity index (χ1v) is 12.2. The fourth-order valence-corrected chi connectivity index (χ4v) is 5.54. The molecule has 2 heterocycles. The van der Waals surface area contributed by atoms with Crippen LogP contribution in [0.25, 0.3) is 11.3 Å². The van der Waals surface area contributed by atoms with Crippen molar-refractivity contribution in [2.75, 3.05) is 11.9 Å². The van der Waals surface area contributed by atoms with Crippen LogP contribution in [-0.4, -0.2) is 23.6 Å². The highest BCUT2D eigenvalue weighted by atomic mass is 35.5. The molecule has 1 aromatic carbocycles. The molecule has 3 aromatic rings. The minimum atomic E-state index is -0.614. The number of nitrogens with zero attached hydrogens (tertiary/aromatic N) is 1. The highest BCUT2D eigenvalue weighted by molar-refractivity contribution is 7.17. The normalized spacial score (nSPS) is 13.3. The lowest BCUT2D eigenvalue weighted by Gasteiger charge is -2.10. The second-order valence-corrected chi connectivity index (χ2v) is 9.43. The molecule has 33 heavy (non-hydrogen) atoms. The molecule has 0 atom stereocenters. The number of carbonyl (C=O) groups is 2. The van der Waals surface area contributed by atoms with Crippen molar-refractivity contribution >= 4 is 39.8 Å². The van der Waals surface area contributed by atoms with E-state index in [0.717, 1.165) is 42.5 Å². The Bertz CT molecular complexity index is 1180. The van der Waals surface area contributed by atoms with Gasteiger partial charge in [-0.3, -0.25) is 4.79 Å². The molecule has 6 nitrogen and oxygen atoms in total. The quantitative estimate of drug-likeness (QED) is 0.311. The van der Waals surface area contributed by atoms with Crippen molar-refractivity contribution in [2.45, 2.75) is 52.4 Å². The largest absolute Gasteiger partial charge is 0.462 e. The molecule has 9 heteroatoms. The highest BCUT2D eigenvalue weighted by Gasteiger charge is 2.30. The van der Waals surface area contributed by atoms with Crippen molar-refractivity contribution in [2.24, 2.45) is 0 Å². The third-order valence-electron chi connectivity index (χ3n) is 5.58. The first kappa shape index (κ1) is 23.4. The number of fused-ring (bicyclic) bond motifs is 1. The molecule has 0 spiro atoms. The van der Waals surface area contributed by atoms with Crippen LogP contribution >= 0.6 is 22.9 Å². The monoisotopic (exact) mass is 490 g/mol. The zero-order valence-electron chi connectivity index (χ0n) is 18.4. The number of carbonyl (C=O) groups excluding carboxylic acids is 2. The SMILES string of the molecule is CCCOC(=O)c1c(NC(=O)c2c(-c3c(F)cccc3Cl)noc2C)sc2c1CCCCC2. The minimum absolute atomic E-state index is 0.00860. The van der Waals surface area contributed by atoms with Crippen molar-refractivity contribution in [3.63, 3.8) is 0 Å². The van der Waals surface area contributed by atoms with Crippen molar-refractivity contribution in [3.8, 4) is 11.3 Å². The molecule has 1 N–H and O–H groups in total. The van der Waals surface area contributed by atoms with Gasteiger partial charge in [-0.05, 0) is 56.7 Å². The van der Waals surface area contributed by atoms with Crippen molar-refractivity contribution in [1.29, 1.82) is 0 Å². The molecule has 0 saturated carbocycles. The van der Waals surface area contributed by atoms with Gasteiger partial charge in [0.2, 0.25) is 0 Å². The lowest BCUT2D eigenvalue weighted by molar-refractivity contribution is 0.0505. The number of anilines is 1. The van der Waals surface area contributed by atoms with E-state index in [1.807, 2.05) is 6.92 Å². The fourth-order valence-electron chi connectivity index (χ4n) is 4.01. The van der Waals surface area contributed by atoms with Crippen LogP contribution in [0.15, 0.2) is 22.7 Å². The van der Waals surface area contributed by atoms with E-state index >= 15 is 0 Å². The van der Waals surface area contributed by atoms with E-state index in [2.05, 4.69) is 10.5 Å². The van der Waals surface area contributed by atoms with Crippen molar-refractivity contribution in [3.05, 3.63) is 56.4 Å². The summed E-state index contributed by atoms with van der Waals surface area (Å²) < 4.78 is 25.2. The standard InChI is InChI=1S/C24H24ClFN2O4S/c1-3-12-31-24(30)19-14-8-5-4-6-11-17(14)33-23(19)27-22(29)18-13(2)32-28-21(18)20-15(25)9-7-10-16(20)26/h7,9-10H,3-6,8,11-12H2,1-2H3,(H,27,29). The lowest BCUT2D eigenvalue weighted by atomic mass is 10.0. The van der Waals surface area contributed by atoms with E-state index in [1.165, 1.54) is 29.5 Å². The van der Waals surface area contributed by atoms with E-state index in [0.29, 0.717) is 23.6 Å². The third-order valence-corrected chi connectivity index (χ3v) is 7.10. The second kappa shape index (κ2) is 10.1. The smallest absolute Gasteiger partial charge is 0.341 e. The Morgan fingerprint density at radius 2 is 2.03 bits per heavy atom. The van der Waals surface area contributed by atoms with Crippen LogP contribution in [0.2, 0.25) is 5.02 Å². The fraction of sp³-hybridized carbons (Fsp3) is 0.375. The van der Waals surface area contributed by atoms with Gasteiger partial charge in [-0.15, -0.1) is 11.3 Å². The van der Waals surface area contributed by atoms with Crippen LogP contribution in [-0.2, 0) is 17.6 Å². The summed E-state index contributed by atoms with van der Waals surface area (Å²) >= 11 is 7.59. The number of ether oxygens (including phenoxy) is 1. The number of thiophene rings is 1. The molecule has 174 valence electrons. The molecule has 1 aliphatic rings. The van der Waals surface area contributed by atoms with Gasteiger partial charge in [0.25, 0.3) is 5.91 Å². The van der Waals surface area contributed by atoms with Crippen molar-refractivity contribution in [1.82, 2.24) is 5.16 Å². The summed E-state index contributed by atoms with van der Waals surface area (Å²) in [5, 5.41) is 7.29. The third kappa shape index (κ3) is 4.68. The molecule has 2 aromatic heterocycles. The van der Waals surface area contributed by atoms with Gasteiger partial charge in [0, 0.05) is 4.88 Å². The molecule has 0 saturated heterocycles. The van der Waals surface area contributed by atoms with Crippen LogP contribution in [0, 0.1) is 12.7 Å². The summed E-state index contributed by atoms with van der Waals surface area (Å²) in [7, 11) is 0. The predicted octanol–water partition coefficient (Wildman–Crippen LogP) is 6.59. The first-order chi connectivity index (χ1) is 15.9. The number of nitrogens with one attached hydrogen (secondary N) is 1. The molecule has 0 radical (unpaired) electrons. The van der Waals surface area contributed by atoms with Crippen molar-refractivity contribution < 1.29 is 23.2 Å². The number of amides is 1. The lowest BCUT2D eigenvalue weighted by Crippen LogP contribution is -2.16. The predicted molar refractivity (Wildman–Crippen MR) is 126 cm³/mol. The maximum Gasteiger partial charge on any atom is 0.341 e. The van der Waals surface area contributed by atoms with Gasteiger partial charge in [-0.2, -0.15) is 0 Å². The van der Waals surface area contributed by atoms with Gasteiger partial charge >= 0.3 is 5.97 Å². The maximum atomic E-state index is 14.5. The molecular formula is C24H24ClFN2O4S. The summed E-state index contributed by atoms with van der Waals surface area (Å²) in [5.74, 6) is -1.39. The molecule has 4 rings (SSSR count). The van der Waals surface area contributed by atoms with Crippen LogP contribution in [0.5, 0.6) is 0 Å². The highest BCUT2D eigenvalue weighted by Crippen LogP contribution is 2.39. The average Bonchev–Trinajstić information content (AvgIpc) is 3.23. The van der Waals surface area contributed by atoms with E-state index in [4.69, 9.17) is 20.9 Å². The molecule has 0 aliphatic heterocycles. The molecule has 0 unspecified atom stereocenters. The number of aromatic nitrogens is 1. The van der Waals surface area contributed by atoms with E-state index in [-0.39, 0.29) is 27.6 Å². The maximum absolute atomic E-state index is 14.5. The summed E-state index contributed by atoms with van der Waals surface area (Å²) in [4.78, 5) is 27.4. The zero-order valence-corrected chi connectivity index (χ0v) is 20.0. The summed E-state index contributed by atoms with van der Waals surface area (Å²) in [6.45, 7) is 3.80. The van der Waals surface area contributed by atoms with E-state index in [1.54, 1.807) is 6.92 Å². The van der Waals surface area contributed by atoms with Gasteiger partial charge < -0.3 is 14.6 Å². The van der Waals surface area contributed by atoms with Gasteiger partial charge in [-0.1, -0.05) is 36.2 Å². The Kier molecular flexibility index (Phi) is 7.14. The molecular weight excluding hydrogens is 467 g/mol. The van der Waals surface area contributed by atoms with Crippen LogP contribution in [0.1, 0.15) is 69.5 Å². The van der Waals surface area contributed by atoms with Crippen LogP contribution in [0.3, 0.4) is 0 Å². The van der Waals surface area contributed by atoms with Gasteiger partial charge in [-0.25, -0.2) is 9.18 Å². The average molecular weight is 491 g/mol. The van der Waals surface area contributed by atoms with Gasteiger partial charge in [0.05, 0.1) is 22.8 Å².